The Kier molecular flexibility index (Phi) is 3.46. The molecule has 0 N–H and O–H groups in total. The van der Waals surface area contributed by atoms with Gasteiger partial charge in [0.15, 0.2) is 0 Å². The molecule has 126 valence electrons. The van der Waals surface area contributed by atoms with Gasteiger partial charge in [-0.05, 0) is 37.6 Å². The number of amides is 1. The lowest BCUT2D eigenvalue weighted by atomic mass is 9.80. The molecule has 0 saturated carbocycles. The minimum atomic E-state index is -0.692. The zero-order valence-electron chi connectivity index (χ0n) is 14.5. The molecule has 0 bridgehead atoms. The number of aromatic nitrogens is 2. The highest BCUT2D eigenvalue weighted by Gasteiger charge is 2.46. The van der Waals surface area contributed by atoms with Crippen molar-refractivity contribution in [2.24, 2.45) is 0 Å². The molecule has 0 radical (unpaired) electrons. The molecule has 1 aliphatic rings. The number of aryl methyl sites for hydroxylation is 1. The van der Waals surface area contributed by atoms with Crippen LogP contribution in [0, 0.1) is 6.92 Å². The molecule has 1 aromatic heterocycles. The van der Waals surface area contributed by atoms with E-state index in [1.54, 1.807) is 11.9 Å². The number of likely N-dealkylation sites (N-methyl/N-ethyl adjacent to an activating group) is 1. The van der Waals surface area contributed by atoms with Crippen molar-refractivity contribution < 1.29 is 9.21 Å². The summed E-state index contributed by atoms with van der Waals surface area (Å²) >= 11 is 0. The molecule has 0 fully saturated rings. The lowest BCUT2D eigenvalue weighted by Crippen LogP contribution is -2.37. The summed E-state index contributed by atoms with van der Waals surface area (Å²) in [4.78, 5) is 14.5. The maximum Gasteiger partial charge on any atom is 0.247 e. The fraction of sp³-hybridized carbons (Fsp3) is 0.250. The number of hydrogen-bond donors (Lipinski definition) is 0. The van der Waals surface area contributed by atoms with Gasteiger partial charge < -0.3 is 9.32 Å². The number of carbonyl (C=O) groups is 1. The molecule has 0 aliphatic carbocycles. The Bertz CT molecular complexity index is 946. The monoisotopic (exact) mass is 333 g/mol. The van der Waals surface area contributed by atoms with Crippen molar-refractivity contribution in [3.63, 3.8) is 0 Å². The largest absolute Gasteiger partial charge is 0.421 e. The average Bonchev–Trinajstić information content (AvgIpc) is 3.15. The van der Waals surface area contributed by atoms with Gasteiger partial charge in [-0.2, -0.15) is 0 Å². The average molecular weight is 333 g/mol. The molecule has 5 nitrogen and oxygen atoms in total. The van der Waals surface area contributed by atoms with Gasteiger partial charge in [0.2, 0.25) is 17.7 Å². The predicted molar refractivity (Wildman–Crippen MR) is 95.4 cm³/mol. The number of benzene rings is 2. The van der Waals surface area contributed by atoms with Crippen LogP contribution in [0.4, 0.5) is 5.69 Å². The Morgan fingerprint density at radius 2 is 1.80 bits per heavy atom. The van der Waals surface area contributed by atoms with Crippen LogP contribution in [0.3, 0.4) is 0 Å². The Morgan fingerprint density at radius 3 is 2.56 bits per heavy atom. The van der Waals surface area contributed by atoms with E-state index in [2.05, 4.69) is 10.2 Å². The van der Waals surface area contributed by atoms with E-state index in [0.29, 0.717) is 18.2 Å². The van der Waals surface area contributed by atoms with Gasteiger partial charge in [-0.15, -0.1) is 10.2 Å². The van der Waals surface area contributed by atoms with Gasteiger partial charge in [-0.1, -0.05) is 35.9 Å². The van der Waals surface area contributed by atoms with Crippen molar-refractivity contribution in [1.29, 1.82) is 0 Å². The maximum atomic E-state index is 12.8. The lowest BCUT2D eigenvalue weighted by Gasteiger charge is -2.21. The third-order valence-corrected chi connectivity index (χ3v) is 4.91. The summed E-state index contributed by atoms with van der Waals surface area (Å²) in [7, 11) is 1.80. The molecule has 2 aromatic carbocycles. The summed E-state index contributed by atoms with van der Waals surface area (Å²) < 4.78 is 5.84. The molecule has 0 unspecified atom stereocenters. The van der Waals surface area contributed by atoms with E-state index in [0.717, 1.165) is 16.8 Å². The molecule has 1 amide bonds. The molecule has 5 heteroatoms. The SMILES string of the molecule is Cc1ccc(-c2nnc(C[C@@]3(C)C(=O)N(C)c4ccccc43)o2)cc1. The van der Waals surface area contributed by atoms with Gasteiger partial charge in [-0.3, -0.25) is 4.79 Å². The smallest absolute Gasteiger partial charge is 0.247 e. The lowest BCUT2D eigenvalue weighted by molar-refractivity contribution is -0.122. The van der Waals surface area contributed by atoms with Crippen LogP contribution in [-0.4, -0.2) is 23.2 Å². The number of nitrogens with zero attached hydrogens (tertiary/aromatic N) is 3. The van der Waals surface area contributed by atoms with Gasteiger partial charge >= 0.3 is 0 Å². The first-order valence-electron chi connectivity index (χ1n) is 8.26. The summed E-state index contributed by atoms with van der Waals surface area (Å²) in [5, 5.41) is 8.32. The van der Waals surface area contributed by atoms with E-state index < -0.39 is 5.41 Å². The molecule has 25 heavy (non-hydrogen) atoms. The number of hydrogen-bond acceptors (Lipinski definition) is 4. The Hall–Kier alpha value is -2.95. The molecule has 0 saturated heterocycles. The van der Waals surface area contributed by atoms with E-state index >= 15 is 0 Å². The summed E-state index contributed by atoms with van der Waals surface area (Å²) in [6.45, 7) is 3.97. The highest BCUT2D eigenvalue weighted by molar-refractivity contribution is 6.07. The van der Waals surface area contributed by atoms with E-state index in [9.17, 15) is 4.79 Å². The zero-order valence-corrected chi connectivity index (χ0v) is 14.5. The molecule has 3 aromatic rings. The minimum Gasteiger partial charge on any atom is -0.421 e. The van der Waals surface area contributed by atoms with Gasteiger partial charge in [0, 0.05) is 24.7 Å². The van der Waals surface area contributed by atoms with E-state index in [-0.39, 0.29) is 5.91 Å². The predicted octanol–water partition coefficient (Wildman–Crippen LogP) is 3.52. The number of para-hydroxylation sites is 1. The first-order valence-corrected chi connectivity index (χ1v) is 8.26. The van der Waals surface area contributed by atoms with Crippen LogP contribution in [0.2, 0.25) is 0 Å². The van der Waals surface area contributed by atoms with Crippen molar-refractivity contribution >= 4 is 11.6 Å². The van der Waals surface area contributed by atoms with Crippen LogP contribution in [0.25, 0.3) is 11.5 Å². The van der Waals surface area contributed by atoms with Crippen molar-refractivity contribution in [2.75, 3.05) is 11.9 Å². The summed E-state index contributed by atoms with van der Waals surface area (Å²) in [6, 6.07) is 15.8. The summed E-state index contributed by atoms with van der Waals surface area (Å²) in [6.07, 6.45) is 0.381. The minimum absolute atomic E-state index is 0.0452. The van der Waals surface area contributed by atoms with Crippen LogP contribution in [0.5, 0.6) is 0 Å². The van der Waals surface area contributed by atoms with Crippen LogP contribution in [0.15, 0.2) is 52.9 Å². The third-order valence-electron chi connectivity index (χ3n) is 4.91. The first kappa shape index (κ1) is 15.6. The molecular formula is C20H19N3O2. The molecule has 2 heterocycles. The second kappa shape index (κ2) is 5.55. The van der Waals surface area contributed by atoms with Crippen LogP contribution in [-0.2, 0) is 16.6 Å². The van der Waals surface area contributed by atoms with Crippen LogP contribution >= 0.6 is 0 Å². The Balaban J connectivity index is 1.67. The van der Waals surface area contributed by atoms with E-state index in [4.69, 9.17) is 4.42 Å². The highest BCUT2D eigenvalue weighted by atomic mass is 16.4. The summed E-state index contributed by atoms with van der Waals surface area (Å²) in [5.74, 6) is 0.992. The van der Waals surface area contributed by atoms with Crippen molar-refractivity contribution in [3.8, 4) is 11.5 Å². The molecule has 1 atom stereocenters. The van der Waals surface area contributed by atoms with Gasteiger partial charge in [-0.25, -0.2) is 0 Å². The Labute approximate surface area is 146 Å². The van der Waals surface area contributed by atoms with Crippen LogP contribution < -0.4 is 4.90 Å². The van der Waals surface area contributed by atoms with Gasteiger partial charge in [0.25, 0.3) is 0 Å². The molecule has 0 spiro atoms. The second-order valence-electron chi connectivity index (χ2n) is 6.76. The van der Waals surface area contributed by atoms with Gasteiger partial charge in [0.05, 0.1) is 5.41 Å². The Morgan fingerprint density at radius 1 is 1.08 bits per heavy atom. The number of fused-ring (bicyclic) bond motifs is 1. The van der Waals surface area contributed by atoms with Crippen molar-refractivity contribution in [3.05, 3.63) is 65.5 Å². The van der Waals surface area contributed by atoms with Gasteiger partial charge in [0.1, 0.15) is 0 Å². The highest BCUT2D eigenvalue weighted by Crippen LogP contribution is 2.42. The molecule has 1 aliphatic heterocycles. The number of carbonyl (C=O) groups excluding carboxylic acids is 1. The quantitative estimate of drug-likeness (QED) is 0.736. The third kappa shape index (κ3) is 2.43. The fourth-order valence-electron chi connectivity index (χ4n) is 3.44. The van der Waals surface area contributed by atoms with Crippen molar-refractivity contribution in [1.82, 2.24) is 10.2 Å². The standard InChI is InChI=1S/C20H19N3O2/c1-13-8-10-14(11-9-13)18-22-21-17(25-18)12-20(2)15-6-4-5-7-16(15)23(3)19(20)24/h4-11H,12H2,1-3H3/t20-/m1/s1. The zero-order chi connectivity index (χ0) is 17.6. The first-order chi connectivity index (χ1) is 12.0. The number of rotatable bonds is 3. The van der Waals surface area contributed by atoms with E-state index in [1.807, 2.05) is 62.4 Å². The second-order valence-corrected chi connectivity index (χ2v) is 6.76. The summed E-state index contributed by atoms with van der Waals surface area (Å²) in [5.41, 5.74) is 3.30. The number of anilines is 1. The normalized spacial score (nSPS) is 19.3. The molecular weight excluding hydrogens is 314 g/mol. The topological polar surface area (TPSA) is 59.2 Å². The van der Waals surface area contributed by atoms with Crippen LogP contribution in [0.1, 0.15) is 23.9 Å². The van der Waals surface area contributed by atoms with E-state index in [1.165, 1.54) is 5.56 Å². The maximum absolute atomic E-state index is 12.8. The molecule has 4 rings (SSSR count). The van der Waals surface area contributed by atoms with Crippen molar-refractivity contribution in [2.45, 2.75) is 25.7 Å². The fourth-order valence-corrected chi connectivity index (χ4v) is 3.44.